The summed E-state index contributed by atoms with van der Waals surface area (Å²) in [5.41, 5.74) is 3.27. The molecule has 0 saturated carbocycles. The third-order valence-corrected chi connectivity index (χ3v) is 5.45. The molecule has 0 spiro atoms. The van der Waals surface area contributed by atoms with Crippen LogP contribution in [0.3, 0.4) is 0 Å². The van der Waals surface area contributed by atoms with Crippen LogP contribution in [0.1, 0.15) is 47.7 Å². The molecule has 1 atom stereocenters. The van der Waals surface area contributed by atoms with Gasteiger partial charge < -0.3 is 10.1 Å². The van der Waals surface area contributed by atoms with Crippen molar-refractivity contribution in [2.24, 2.45) is 5.92 Å². The zero-order valence-electron chi connectivity index (χ0n) is 17.1. The first-order chi connectivity index (χ1) is 13.6. The highest BCUT2D eigenvalue weighted by Crippen LogP contribution is 2.18. The molecule has 150 valence electrons. The van der Waals surface area contributed by atoms with E-state index >= 15 is 0 Å². The molecule has 1 heterocycles. The quantitative estimate of drug-likeness (QED) is 0.695. The van der Waals surface area contributed by atoms with E-state index in [2.05, 4.69) is 41.4 Å². The highest BCUT2D eigenvalue weighted by Gasteiger charge is 2.16. The molecule has 28 heavy (non-hydrogen) atoms. The van der Waals surface area contributed by atoms with Gasteiger partial charge in [-0.2, -0.15) is 0 Å². The van der Waals surface area contributed by atoms with Gasteiger partial charge in [0.15, 0.2) is 0 Å². The molecule has 1 amide bonds. The minimum absolute atomic E-state index is 0.00729. The van der Waals surface area contributed by atoms with Gasteiger partial charge in [-0.15, -0.1) is 0 Å². The number of rotatable bonds is 8. The van der Waals surface area contributed by atoms with E-state index in [1.54, 1.807) is 7.11 Å². The summed E-state index contributed by atoms with van der Waals surface area (Å²) in [5, 5.41) is 3.02. The molecule has 0 unspecified atom stereocenters. The summed E-state index contributed by atoms with van der Waals surface area (Å²) in [6, 6.07) is 16.2. The maximum absolute atomic E-state index is 12.3. The number of methoxy groups -OCH3 is 1. The molecule has 2 aromatic carbocycles. The first-order valence-corrected chi connectivity index (χ1v) is 10.4. The van der Waals surface area contributed by atoms with Crippen LogP contribution in [0.5, 0.6) is 5.75 Å². The Morgan fingerprint density at radius 1 is 1.11 bits per heavy atom. The van der Waals surface area contributed by atoms with E-state index in [-0.39, 0.29) is 5.91 Å². The fraction of sp³-hybridized carbons (Fsp3) is 0.458. The molecule has 3 rings (SSSR count). The van der Waals surface area contributed by atoms with Gasteiger partial charge in [-0.25, -0.2) is 0 Å². The Bertz CT molecular complexity index is 740. The minimum Gasteiger partial charge on any atom is -0.497 e. The molecular formula is C24H32N2O2. The zero-order chi connectivity index (χ0) is 19.8. The molecule has 0 radical (unpaired) electrons. The number of nitrogens with one attached hydrogen (secondary N) is 1. The van der Waals surface area contributed by atoms with Gasteiger partial charge in [-0.1, -0.05) is 31.2 Å². The topological polar surface area (TPSA) is 41.6 Å². The number of hydrogen-bond acceptors (Lipinski definition) is 3. The van der Waals surface area contributed by atoms with Gasteiger partial charge in [0.2, 0.25) is 0 Å². The molecule has 0 bridgehead atoms. The normalized spacial score (nSPS) is 17.3. The minimum atomic E-state index is 0.00729. The second-order valence-electron chi connectivity index (χ2n) is 7.89. The molecule has 4 heteroatoms. The summed E-state index contributed by atoms with van der Waals surface area (Å²) in [6.45, 7) is 6.35. The van der Waals surface area contributed by atoms with E-state index in [9.17, 15) is 4.79 Å². The van der Waals surface area contributed by atoms with Gasteiger partial charge in [0.1, 0.15) is 5.75 Å². The van der Waals surface area contributed by atoms with Crippen molar-refractivity contribution < 1.29 is 9.53 Å². The second kappa shape index (κ2) is 10.3. The van der Waals surface area contributed by atoms with Crippen LogP contribution in [0, 0.1) is 5.92 Å². The van der Waals surface area contributed by atoms with Crippen molar-refractivity contribution >= 4 is 5.91 Å². The number of carbonyl (C=O) groups is 1. The molecule has 1 aliphatic heterocycles. The lowest BCUT2D eigenvalue weighted by Crippen LogP contribution is -2.33. The van der Waals surface area contributed by atoms with Crippen molar-refractivity contribution in [1.82, 2.24) is 10.2 Å². The summed E-state index contributed by atoms with van der Waals surface area (Å²) in [5.74, 6) is 1.67. The van der Waals surface area contributed by atoms with Crippen molar-refractivity contribution in [2.45, 2.75) is 39.2 Å². The van der Waals surface area contributed by atoms with Crippen molar-refractivity contribution in [2.75, 3.05) is 26.7 Å². The van der Waals surface area contributed by atoms with Gasteiger partial charge in [0.25, 0.3) is 5.91 Å². The van der Waals surface area contributed by atoms with Crippen molar-refractivity contribution in [3.63, 3.8) is 0 Å². The third kappa shape index (κ3) is 6.10. The predicted molar refractivity (Wildman–Crippen MR) is 114 cm³/mol. The number of likely N-dealkylation sites (tertiary alicyclic amines) is 1. The summed E-state index contributed by atoms with van der Waals surface area (Å²) in [7, 11) is 1.67. The van der Waals surface area contributed by atoms with Crippen LogP contribution in [0.15, 0.2) is 48.5 Å². The first-order valence-electron chi connectivity index (χ1n) is 10.4. The molecule has 4 nitrogen and oxygen atoms in total. The average molecular weight is 381 g/mol. The maximum Gasteiger partial charge on any atom is 0.251 e. The van der Waals surface area contributed by atoms with Crippen molar-refractivity contribution in [1.29, 1.82) is 0 Å². The summed E-state index contributed by atoms with van der Waals surface area (Å²) in [4.78, 5) is 14.9. The predicted octanol–water partition coefficient (Wildman–Crippen LogP) is 4.29. The number of ether oxygens (including phenoxy) is 1. The van der Waals surface area contributed by atoms with Crippen molar-refractivity contribution in [3.05, 3.63) is 65.2 Å². The highest BCUT2D eigenvalue weighted by molar-refractivity contribution is 5.94. The van der Waals surface area contributed by atoms with Gasteiger partial charge >= 0.3 is 0 Å². The van der Waals surface area contributed by atoms with Gasteiger partial charge in [0, 0.05) is 25.2 Å². The summed E-state index contributed by atoms with van der Waals surface area (Å²) < 4.78 is 5.17. The van der Waals surface area contributed by atoms with E-state index in [0.29, 0.717) is 6.54 Å². The average Bonchev–Trinajstić information content (AvgIpc) is 2.72. The number of carbonyl (C=O) groups excluding carboxylic acids is 1. The lowest BCUT2D eigenvalue weighted by atomic mass is 9.99. The number of benzene rings is 2. The summed E-state index contributed by atoms with van der Waals surface area (Å²) >= 11 is 0. The van der Waals surface area contributed by atoms with Crippen LogP contribution >= 0.6 is 0 Å². The lowest BCUT2D eigenvalue weighted by Gasteiger charge is -2.30. The Hall–Kier alpha value is -2.33. The maximum atomic E-state index is 12.3. The van der Waals surface area contributed by atoms with Crippen LogP contribution < -0.4 is 10.1 Å². The molecule has 2 aromatic rings. The van der Waals surface area contributed by atoms with Crippen molar-refractivity contribution in [3.8, 4) is 5.75 Å². The fourth-order valence-electron chi connectivity index (χ4n) is 3.84. The number of amides is 1. The van der Waals surface area contributed by atoms with Crippen LogP contribution in [-0.2, 0) is 13.0 Å². The van der Waals surface area contributed by atoms with Gasteiger partial charge in [-0.3, -0.25) is 9.69 Å². The van der Waals surface area contributed by atoms with E-state index in [1.807, 2.05) is 24.3 Å². The van der Waals surface area contributed by atoms with E-state index in [0.717, 1.165) is 36.6 Å². The SMILES string of the molecule is COc1ccc(CCCNC(=O)c2ccc(CN3CCC[C@H](C)C3)cc2)cc1. The Balaban J connectivity index is 1.40. The largest absolute Gasteiger partial charge is 0.497 e. The van der Waals surface area contributed by atoms with Crippen LogP contribution in [0.2, 0.25) is 0 Å². The van der Waals surface area contributed by atoms with Crippen LogP contribution in [0.25, 0.3) is 0 Å². The number of hydrogen-bond donors (Lipinski definition) is 1. The lowest BCUT2D eigenvalue weighted by molar-refractivity contribution is 0.0953. The number of aryl methyl sites for hydroxylation is 1. The van der Waals surface area contributed by atoms with E-state index < -0.39 is 0 Å². The Labute approximate surface area is 168 Å². The molecular weight excluding hydrogens is 348 g/mol. The first kappa shape index (κ1) is 20.4. The van der Waals surface area contributed by atoms with Crippen LogP contribution in [-0.4, -0.2) is 37.6 Å². The smallest absolute Gasteiger partial charge is 0.251 e. The standard InChI is InChI=1S/C24H32N2O2/c1-19-5-4-16-26(17-19)18-21-7-11-22(12-8-21)24(27)25-15-3-6-20-9-13-23(28-2)14-10-20/h7-14,19H,3-6,15-18H2,1-2H3,(H,25,27)/t19-/m0/s1. The monoisotopic (exact) mass is 380 g/mol. The van der Waals surface area contributed by atoms with Gasteiger partial charge in [0.05, 0.1) is 7.11 Å². The number of nitrogens with zero attached hydrogens (tertiary/aromatic N) is 1. The molecule has 1 saturated heterocycles. The molecule has 1 fully saturated rings. The van der Waals surface area contributed by atoms with E-state index in [1.165, 1.54) is 37.1 Å². The summed E-state index contributed by atoms with van der Waals surface area (Å²) in [6.07, 6.45) is 4.49. The highest BCUT2D eigenvalue weighted by atomic mass is 16.5. The Kier molecular flexibility index (Phi) is 7.49. The molecule has 1 N–H and O–H groups in total. The second-order valence-corrected chi connectivity index (χ2v) is 7.89. The Morgan fingerprint density at radius 3 is 2.50 bits per heavy atom. The Morgan fingerprint density at radius 2 is 1.82 bits per heavy atom. The fourth-order valence-corrected chi connectivity index (χ4v) is 3.84. The number of piperidine rings is 1. The van der Waals surface area contributed by atoms with Gasteiger partial charge in [-0.05, 0) is 73.5 Å². The van der Waals surface area contributed by atoms with E-state index in [4.69, 9.17) is 4.74 Å². The molecule has 0 aromatic heterocycles. The molecule has 1 aliphatic rings. The van der Waals surface area contributed by atoms with Crippen LogP contribution in [0.4, 0.5) is 0 Å². The zero-order valence-corrected chi connectivity index (χ0v) is 17.1. The molecule has 0 aliphatic carbocycles. The third-order valence-electron chi connectivity index (χ3n) is 5.45.